The Hall–Kier alpha value is -4.22. The van der Waals surface area contributed by atoms with Gasteiger partial charge >= 0.3 is 0 Å². The van der Waals surface area contributed by atoms with Crippen molar-refractivity contribution in [3.63, 3.8) is 0 Å². The van der Waals surface area contributed by atoms with E-state index < -0.39 is 18.2 Å². The lowest BCUT2D eigenvalue weighted by Crippen LogP contribution is -2.46. The van der Waals surface area contributed by atoms with Crippen molar-refractivity contribution in [2.24, 2.45) is 10.7 Å². The number of hydrogen-bond acceptors (Lipinski definition) is 8. The lowest BCUT2D eigenvalue weighted by Gasteiger charge is -2.36. The van der Waals surface area contributed by atoms with Crippen LogP contribution in [0.3, 0.4) is 0 Å². The quantitative estimate of drug-likeness (QED) is 0.360. The predicted molar refractivity (Wildman–Crippen MR) is 141 cm³/mol. The first-order valence-electron chi connectivity index (χ1n) is 12.7. The Labute approximate surface area is 224 Å². The standard InChI is InChI=1S/C27H30F2N8O2/c1-15(19-13-21(39-3)35-25(33-19)22(28)29)26(38)37-11-9-27(14-37)8-7-17-12-18(16(2)32-24(17)36-27)23(30)34-20-6-4-5-10-31-20/h4-6,10,12-13,15,22H,7-9,11,14H2,1-3H3,(H,32,36)(H2,30,31,34)/t15-,27-/m0/s1. The van der Waals surface area contributed by atoms with Gasteiger partial charge in [0.1, 0.15) is 11.7 Å². The molecule has 5 heterocycles. The van der Waals surface area contributed by atoms with E-state index in [-0.39, 0.29) is 23.0 Å². The molecule has 0 saturated carbocycles. The molecule has 1 fully saturated rings. The maximum Gasteiger partial charge on any atom is 0.297 e. The summed E-state index contributed by atoms with van der Waals surface area (Å²) in [6.45, 7) is 4.56. The number of alkyl halides is 2. The van der Waals surface area contributed by atoms with Crippen LogP contribution in [0, 0.1) is 6.92 Å². The Bertz CT molecular complexity index is 1420. The van der Waals surface area contributed by atoms with Crippen molar-refractivity contribution < 1.29 is 18.3 Å². The van der Waals surface area contributed by atoms with Gasteiger partial charge in [0.05, 0.1) is 30.0 Å². The van der Waals surface area contributed by atoms with Gasteiger partial charge in [-0.3, -0.25) is 4.79 Å². The Morgan fingerprint density at radius 2 is 2.05 bits per heavy atom. The average Bonchev–Trinajstić information content (AvgIpc) is 3.34. The maximum absolute atomic E-state index is 13.4. The third kappa shape index (κ3) is 5.36. The number of fused-ring (bicyclic) bond motifs is 1. The molecule has 10 nitrogen and oxygen atoms in total. The van der Waals surface area contributed by atoms with Gasteiger partial charge in [-0.05, 0) is 56.9 Å². The molecule has 2 aliphatic heterocycles. The van der Waals surface area contributed by atoms with Crippen molar-refractivity contribution in [1.29, 1.82) is 0 Å². The number of likely N-dealkylation sites (tertiary alicyclic amines) is 1. The monoisotopic (exact) mass is 536 g/mol. The largest absolute Gasteiger partial charge is 0.481 e. The number of rotatable bonds is 6. The Balaban J connectivity index is 1.31. The molecule has 2 aliphatic rings. The summed E-state index contributed by atoms with van der Waals surface area (Å²) in [5, 5.41) is 3.59. The summed E-state index contributed by atoms with van der Waals surface area (Å²) in [6, 6.07) is 8.90. The van der Waals surface area contributed by atoms with E-state index in [9.17, 15) is 13.6 Å². The fourth-order valence-corrected chi connectivity index (χ4v) is 5.15. The van der Waals surface area contributed by atoms with E-state index in [0.717, 1.165) is 41.9 Å². The molecule has 5 rings (SSSR count). The number of methoxy groups -OCH3 is 1. The number of hydrogen-bond donors (Lipinski definition) is 2. The van der Waals surface area contributed by atoms with E-state index in [1.54, 1.807) is 24.1 Å². The minimum absolute atomic E-state index is 0.00456. The number of amidine groups is 1. The first-order valence-corrected chi connectivity index (χ1v) is 12.7. The first kappa shape index (κ1) is 26.4. The van der Waals surface area contributed by atoms with Gasteiger partial charge in [-0.1, -0.05) is 6.07 Å². The minimum Gasteiger partial charge on any atom is -0.481 e. The van der Waals surface area contributed by atoms with Gasteiger partial charge in [-0.15, -0.1) is 0 Å². The second kappa shape index (κ2) is 10.5. The van der Waals surface area contributed by atoms with Crippen LogP contribution in [-0.2, 0) is 11.2 Å². The fraction of sp³-hybridized carbons (Fsp3) is 0.407. The lowest BCUT2D eigenvalue weighted by molar-refractivity contribution is -0.131. The zero-order valence-electron chi connectivity index (χ0n) is 22.0. The summed E-state index contributed by atoms with van der Waals surface area (Å²) < 4.78 is 31.6. The van der Waals surface area contributed by atoms with Crippen LogP contribution in [0.15, 0.2) is 41.5 Å². The molecule has 39 heavy (non-hydrogen) atoms. The van der Waals surface area contributed by atoms with Crippen molar-refractivity contribution in [2.45, 2.75) is 51.0 Å². The van der Waals surface area contributed by atoms with Gasteiger partial charge in [0.2, 0.25) is 11.8 Å². The van der Waals surface area contributed by atoms with Crippen LogP contribution >= 0.6 is 0 Å². The molecule has 3 N–H and O–H groups in total. The summed E-state index contributed by atoms with van der Waals surface area (Å²) in [5.41, 5.74) is 8.71. The number of anilines is 1. The van der Waals surface area contributed by atoms with E-state index in [1.807, 2.05) is 25.1 Å². The van der Waals surface area contributed by atoms with Gasteiger partial charge in [0.15, 0.2) is 11.6 Å². The van der Waals surface area contributed by atoms with E-state index in [2.05, 4.69) is 25.3 Å². The number of carbonyl (C=O) groups excluding carboxylic acids is 1. The van der Waals surface area contributed by atoms with Crippen molar-refractivity contribution in [1.82, 2.24) is 24.8 Å². The molecular formula is C27H30F2N8O2. The minimum atomic E-state index is -2.86. The number of nitrogens with one attached hydrogen (secondary N) is 1. The van der Waals surface area contributed by atoms with Crippen LogP contribution in [-0.4, -0.2) is 62.3 Å². The second-order valence-electron chi connectivity index (χ2n) is 9.94. The zero-order chi connectivity index (χ0) is 27.7. The molecular weight excluding hydrogens is 506 g/mol. The van der Waals surface area contributed by atoms with Crippen LogP contribution in [0.4, 0.5) is 20.4 Å². The maximum atomic E-state index is 13.4. The Morgan fingerprint density at radius 3 is 2.77 bits per heavy atom. The van der Waals surface area contributed by atoms with E-state index in [0.29, 0.717) is 24.7 Å². The number of aromatic nitrogens is 4. The zero-order valence-corrected chi connectivity index (χ0v) is 22.0. The van der Waals surface area contributed by atoms with Crippen LogP contribution < -0.4 is 15.8 Å². The molecule has 3 aromatic heterocycles. The SMILES string of the molecule is COc1cc([C@H](C)C(=O)N2CC[C@@]3(CCc4cc(C(N)=Nc5ccccn5)c(C)nc4N3)C2)nc(C(F)F)n1. The first-order chi connectivity index (χ1) is 18.7. The number of carbonyl (C=O) groups is 1. The van der Waals surface area contributed by atoms with Crippen LogP contribution in [0.5, 0.6) is 5.88 Å². The van der Waals surface area contributed by atoms with Crippen molar-refractivity contribution in [3.05, 3.63) is 64.9 Å². The molecule has 2 atom stereocenters. The van der Waals surface area contributed by atoms with Gasteiger partial charge in [-0.25, -0.2) is 28.7 Å². The highest BCUT2D eigenvalue weighted by molar-refractivity contribution is 6.00. The van der Waals surface area contributed by atoms with Gasteiger partial charge < -0.3 is 20.7 Å². The number of aryl methyl sites for hydroxylation is 2. The van der Waals surface area contributed by atoms with Crippen LogP contribution in [0.25, 0.3) is 0 Å². The Morgan fingerprint density at radius 1 is 1.23 bits per heavy atom. The molecule has 0 bridgehead atoms. The number of ether oxygens (including phenoxy) is 1. The Kier molecular flexibility index (Phi) is 7.11. The lowest BCUT2D eigenvalue weighted by atomic mass is 9.86. The highest BCUT2D eigenvalue weighted by atomic mass is 19.3. The molecule has 1 spiro atoms. The van der Waals surface area contributed by atoms with E-state index in [1.165, 1.54) is 13.2 Å². The summed E-state index contributed by atoms with van der Waals surface area (Å²) in [5.74, 6) is 0.0967. The predicted octanol–water partition coefficient (Wildman–Crippen LogP) is 3.69. The highest BCUT2D eigenvalue weighted by Crippen LogP contribution is 2.38. The number of nitrogens with two attached hydrogens (primary N) is 1. The molecule has 204 valence electrons. The van der Waals surface area contributed by atoms with E-state index in [4.69, 9.17) is 15.5 Å². The molecule has 1 amide bonds. The topological polar surface area (TPSA) is 132 Å². The van der Waals surface area contributed by atoms with Crippen LogP contribution in [0.1, 0.15) is 60.4 Å². The number of pyridine rings is 2. The third-order valence-electron chi connectivity index (χ3n) is 7.33. The average molecular weight is 537 g/mol. The molecule has 1 saturated heterocycles. The third-order valence-corrected chi connectivity index (χ3v) is 7.33. The van der Waals surface area contributed by atoms with Gasteiger partial charge in [0, 0.05) is 30.9 Å². The number of amides is 1. The van der Waals surface area contributed by atoms with Crippen molar-refractivity contribution >= 4 is 23.4 Å². The number of nitrogens with zero attached hydrogens (tertiary/aromatic N) is 6. The molecule has 12 heteroatoms. The molecule has 0 aliphatic carbocycles. The summed E-state index contributed by atoms with van der Waals surface area (Å²) in [4.78, 5) is 36.2. The van der Waals surface area contributed by atoms with Gasteiger partial charge in [-0.2, -0.15) is 4.98 Å². The summed E-state index contributed by atoms with van der Waals surface area (Å²) in [7, 11) is 1.34. The molecule has 0 unspecified atom stereocenters. The van der Waals surface area contributed by atoms with Crippen molar-refractivity contribution in [2.75, 3.05) is 25.5 Å². The normalized spacial score (nSPS) is 19.6. The second-order valence-corrected chi connectivity index (χ2v) is 9.94. The van der Waals surface area contributed by atoms with Crippen molar-refractivity contribution in [3.8, 4) is 5.88 Å². The summed E-state index contributed by atoms with van der Waals surface area (Å²) in [6.07, 6.45) is 1.10. The van der Waals surface area contributed by atoms with Crippen LogP contribution in [0.2, 0.25) is 0 Å². The highest BCUT2D eigenvalue weighted by Gasteiger charge is 2.43. The number of halogens is 2. The van der Waals surface area contributed by atoms with E-state index >= 15 is 0 Å². The molecule has 3 aromatic rings. The fourth-order valence-electron chi connectivity index (χ4n) is 5.15. The number of aliphatic imine (C=N–C) groups is 1. The van der Waals surface area contributed by atoms with Gasteiger partial charge in [0.25, 0.3) is 6.43 Å². The summed E-state index contributed by atoms with van der Waals surface area (Å²) >= 11 is 0. The molecule has 0 radical (unpaired) electrons. The smallest absolute Gasteiger partial charge is 0.297 e. The molecule has 0 aromatic carbocycles.